The summed E-state index contributed by atoms with van der Waals surface area (Å²) in [7, 11) is 2.89. The first kappa shape index (κ1) is 17.6. The zero-order valence-electron chi connectivity index (χ0n) is 14.8. The standard InChI is InChI=1S/C19H19N3O4/c1-13-17(18(20-26-13)19(24)21(2)25-3)15-9-10-16(23)22(12-15)11-14-7-5-4-6-8-14/h4-10,12H,11H2,1-3H3. The van der Waals surface area contributed by atoms with E-state index in [1.165, 1.54) is 20.2 Å². The van der Waals surface area contributed by atoms with Gasteiger partial charge < -0.3 is 9.09 Å². The van der Waals surface area contributed by atoms with Crippen LogP contribution in [0.15, 0.2) is 58.0 Å². The largest absolute Gasteiger partial charge is 0.360 e. The third-order valence-corrected chi connectivity index (χ3v) is 4.09. The predicted octanol–water partition coefficient (Wildman–Crippen LogP) is 2.49. The van der Waals surface area contributed by atoms with E-state index in [2.05, 4.69) is 5.16 Å². The zero-order valence-corrected chi connectivity index (χ0v) is 14.8. The quantitative estimate of drug-likeness (QED) is 0.659. The summed E-state index contributed by atoms with van der Waals surface area (Å²) in [6, 6.07) is 12.8. The summed E-state index contributed by atoms with van der Waals surface area (Å²) in [5, 5.41) is 4.93. The van der Waals surface area contributed by atoms with Gasteiger partial charge in [-0.25, -0.2) is 5.06 Å². The lowest BCUT2D eigenvalue weighted by atomic mass is 10.1. The molecule has 2 aromatic heterocycles. The number of aryl methyl sites for hydroxylation is 1. The third-order valence-electron chi connectivity index (χ3n) is 4.09. The lowest BCUT2D eigenvalue weighted by Crippen LogP contribution is -2.26. The van der Waals surface area contributed by atoms with Crippen molar-refractivity contribution in [3.8, 4) is 11.1 Å². The van der Waals surface area contributed by atoms with E-state index in [0.29, 0.717) is 23.4 Å². The molecule has 3 rings (SSSR count). The van der Waals surface area contributed by atoms with Crippen molar-refractivity contribution >= 4 is 5.91 Å². The highest BCUT2D eigenvalue weighted by molar-refractivity contribution is 5.98. The van der Waals surface area contributed by atoms with Gasteiger partial charge in [-0.3, -0.25) is 14.4 Å². The first-order chi connectivity index (χ1) is 12.5. The highest BCUT2D eigenvalue weighted by Gasteiger charge is 2.24. The Balaban J connectivity index is 2.03. The van der Waals surface area contributed by atoms with Gasteiger partial charge >= 0.3 is 0 Å². The van der Waals surface area contributed by atoms with Crippen molar-refractivity contribution in [2.24, 2.45) is 0 Å². The molecule has 1 amide bonds. The van der Waals surface area contributed by atoms with E-state index < -0.39 is 5.91 Å². The zero-order chi connectivity index (χ0) is 18.7. The fourth-order valence-electron chi connectivity index (χ4n) is 2.67. The lowest BCUT2D eigenvalue weighted by molar-refractivity contribution is -0.0761. The van der Waals surface area contributed by atoms with Crippen molar-refractivity contribution in [2.45, 2.75) is 13.5 Å². The molecule has 0 fully saturated rings. The highest BCUT2D eigenvalue weighted by atomic mass is 16.7. The Morgan fingerprint density at radius 1 is 1.23 bits per heavy atom. The average molecular weight is 353 g/mol. The van der Waals surface area contributed by atoms with Crippen LogP contribution in [-0.2, 0) is 11.4 Å². The molecule has 0 saturated heterocycles. The molecule has 7 heteroatoms. The Labute approximate surface area is 150 Å². The van der Waals surface area contributed by atoms with E-state index in [-0.39, 0.29) is 11.3 Å². The van der Waals surface area contributed by atoms with Crippen LogP contribution >= 0.6 is 0 Å². The Morgan fingerprint density at radius 3 is 2.65 bits per heavy atom. The lowest BCUT2D eigenvalue weighted by Gasteiger charge is -2.13. The van der Waals surface area contributed by atoms with Gasteiger partial charge in [0.2, 0.25) is 0 Å². The number of pyridine rings is 1. The van der Waals surface area contributed by atoms with Crippen molar-refractivity contribution in [3.63, 3.8) is 0 Å². The molecule has 2 heterocycles. The molecule has 1 aromatic carbocycles. The molecular formula is C19H19N3O4. The van der Waals surface area contributed by atoms with Crippen LogP contribution in [0.4, 0.5) is 0 Å². The summed E-state index contributed by atoms with van der Waals surface area (Å²) in [6.45, 7) is 2.15. The molecule has 3 aromatic rings. The van der Waals surface area contributed by atoms with Crippen molar-refractivity contribution in [1.82, 2.24) is 14.8 Å². The normalized spacial score (nSPS) is 10.7. The van der Waals surface area contributed by atoms with E-state index in [1.54, 1.807) is 23.8 Å². The number of rotatable bonds is 5. The van der Waals surface area contributed by atoms with E-state index in [9.17, 15) is 9.59 Å². The van der Waals surface area contributed by atoms with Crippen molar-refractivity contribution in [2.75, 3.05) is 14.2 Å². The van der Waals surface area contributed by atoms with Crippen molar-refractivity contribution in [1.29, 1.82) is 0 Å². The molecule has 0 unspecified atom stereocenters. The SMILES string of the molecule is CON(C)C(=O)c1noc(C)c1-c1ccc(=O)n(Cc2ccccc2)c1. The Bertz CT molecular complexity index is 976. The van der Waals surface area contributed by atoms with Crippen LogP contribution in [0.25, 0.3) is 11.1 Å². The summed E-state index contributed by atoms with van der Waals surface area (Å²) in [5.41, 5.74) is 2.22. The number of benzene rings is 1. The Kier molecular flexibility index (Phi) is 4.99. The topological polar surface area (TPSA) is 77.6 Å². The maximum Gasteiger partial charge on any atom is 0.299 e. The molecule has 26 heavy (non-hydrogen) atoms. The molecule has 0 N–H and O–H groups in total. The van der Waals surface area contributed by atoms with Crippen LogP contribution in [0.2, 0.25) is 0 Å². The second kappa shape index (κ2) is 7.37. The van der Waals surface area contributed by atoms with E-state index >= 15 is 0 Å². The van der Waals surface area contributed by atoms with Crippen LogP contribution in [0.5, 0.6) is 0 Å². The number of carbonyl (C=O) groups excluding carboxylic acids is 1. The van der Waals surface area contributed by atoms with Gasteiger partial charge in [0.1, 0.15) is 5.76 Å². The van der Waals surface area contributed by atoms with Crippen LogP contribution in [-0.4, -0.2) is 34.9 Å². The maximum atomic E-state index is 12.4. The fourth-order valence-corrected chi connectivity index (χ4v) is 2.67. The monoisotopic (exact) mass is 353 g/mol. The Hall–Kier alpha value is -3.19. The minimum Gasteiger partial charge on any atom is -0.360 e. The smallest absolute Gasteiger partial charge is 0.299 e. The number of amides is 1. The molecule has 134 valence electrons. The summed E-state index contributed by atoms with van der Waals surface area (Å²) in [4.78, 5) is 29.6. The van der Waals surface area contributed by atoms with E-state index in [4.69, 9.17) is 9.36 Å². The van der Waals surface area contributed by atoms with Gasteiger partial charge in [-0.2, -0.15) is 0 Å². The van der Waals surface area contributed by atoms with Gasteiger partial charge in [0, 0.05) is 24.9 Å². The van der Waals surface area contributed by atoms with Crippen LogP contribution in [0.3, 0.4) is 0 Å². The molecule has 0 aliphatic heterocycles. The summed E-state index contributed by atoms with van der Waals surface area (Å²) in [5.74, 6) is 0.0583. The average Bonchev–Trinajstić information content (AvgIpc) is 3.04. The van der Waals surface area contributed by atoms with Crippen LogP contribution < -0.4 is 5.56 Å². The number of hydrogen-bond acceptors (Lipinski definition) is 5. The molecule has 0 aliphatic carbocycles. The summed E-state index contributed by atoms with van der Waals surface area (Å²) < 4.78 is 6.80. The molecule has 0 atom stereocenters. The highest BCUT2D eigenvalue weighted by Crippen LogP contribution is 2.27. The fraction of sp³-hybridized carbons (Fsp3) is 0.211. The molecule has 0 spiro atoms. The van der Waals surface area contributed by atoms with Gasteiger partial charge in [0.25, 0.3) is 11.5 Å². The molecule has 0 radical (unpaired) electrons. The molecule has 0 saturated carbocycles. The third kappa shape index (κ3) is 3.43. The van der Waals surface area contributed by atoms with Gasteiger partial charge in [0.05, 0.1) is 19.2 Å². The first-order valence-electron chi connectivity index (χ1n) is 8.04. The van der Waals surface area contributed by atoms with Crippen molar-refractivity contribution < 1.29 is 14.2 Å². The summed E-state index contributed by atoms with van der Waals surface area (Å²) in [6.07, 6.45) is 1.71. The first-order valence-corrected chi connectivity index (χ1v) is 8.04. The van der Waals surface area contributed by atoms with Gasteiger partial charge in [-0.05, 0) is 18.6 Å². The molecule has 7 nitrogen and oxygen atoms in total. The molecular weight excluding hydrogens is 334 g/mol. The van der Waals surface area contributed by atoms with E-state index in [0.717, 1.165) is 10.6 Å². The number of nitrogens with zero attached hydrogens (tertiary/aromatic N) is 3. The minimum atomic E-state index is -0.430. The van der Waals surface area contributed by atoms with Crippen LogP contribution in [0.1, 0.15) is 21.8 Å². The van der Waals surface area contributed by atoms with E-state index in [1.807, 2.05) is 30.3 Å². The predicted molar refractivity (Wildman–Crippen MR) is 95.6 cm³/mol. The summed E-state index contributed by atoms with van der Waals surface area (Å²) >= 11 is 0. The number of aromatic nitrogens is 2. The van der Waals surface area contributed by atoms with Gasteiger partial charge in [-0.15, -0.1) is 0 Å². The maximum absolute atomic E-state index is 12.4. The second-order valence-corrected chi connectivity index (χ2v) is 5.82. The minimum absolute atomic E-state index is 0.131. The van der Waals surface area contributed by atoms with Crippen molar-refractivity contribution in [3.05, 3.63) is 76.0 Å². The second-order valence-electron chi connectivity index (χ2n) is 5.82. The Morgan fingerprint density at radius 2 is 1.96 bits per heavy atom. The van der Waals surface area contributed by atoms with Crippen LogP contribution in [0, 0.1) is 6.92 Å². The molecule has 0 bridgehead atoms. The van der Waals surface area contributed by atoms with Gasteiger partial charge in [-0.1, -0.05) is 35.5 Å². The number of carbonyl (C=O) groups is 1. The number of hydroxylamine groups is 2. The number of hydrogen-bond donors (Lipinski definition) is 0. The molecule has 0 aliphatic rings. The van der Waals surface area contributed by atoms with Gasteiger partial charge in [0.15, 0.2) is 5.69 Å².